The number of hydrogen-bond acceptors (Lipinski definition) is 7. The van der Waals surface area contributed by atoms with Crippen molar-refractivity contribution in [3.8, 4) is 22.8 Å². The lowest BCUT2D eigenvalue weighted by atomic mass is 10.1. The van der Waals surface area contributed by atoms with Gasteiger partial charge in [0.1, 0.15) is 0 Å². The number of nitrogens with one attached hydrogen (secondary N) is 3. The van der Waals surface area contributed by atoms with E-state index in [0.717, 1.165) is 38.9 Å². The van der Waals surface area contributed by atoms with E-state index in [1.165, 1.54) is 13.8 Å². The van der Waals surface area contributed by atoms with E-state index in [1.54, 1.807) is 9.26 Å². The summed E-state index contributed by atoms with van der Waals surface area (Å²) in [5, 5.41) is 23.6. The molecule has 12 heteroatoms. The molecule has 0 unspecified atom stereocenters. The number of benzene rings is 2. The van der Waals surface area contributed by atoms with Crippen LogP contribution in [0.1, 0.15) is 37.7 Å². The van der Waals surface area contributed by atoms with Crippen molar-refractivity contribution in [1.29, 1.82) is 0 Å². The molecule has 12 nitrogen and oxygen atoms in total. The quantitative estimate of drug-likeness (QED) is 0.307. The third-order valence-corrected chi connectivity index (χ3v) is 6.58. The van der Waals surface area contributed by atoms with E-state index in [0.29, 0.717) is 34.3 Å². The van der Waals surface area contributed by atoms with E-state index in [4.69, 9.17) is 9.97 Å². The van der Waals surface area contributed by atoms with Gasteiger partial charge in [-0.3, -0.25) is 14.7 Å². The molecule has 2 aromatic carbocycles. The number of amides is 2. The summed E-state index contributed by atoms with van der Waals surface area (Å²) in [6.45, 7) is 8.88. The first-order valence-electron chi connectivity index (χ1n) is 12.6. The third kappa shape index (κ3) is 4.34. The van der Waals surface area contributed by atoms with Gasteiger partial charge in [-0.2, -0.15) is 9.73 Å². The molecule has 0 fully saturated rings. The van der Waals surface area contributed by atoms with Gasteiger partial charge in [0.05, 0.1) is 5.69 Å². The Labute approximate surface area is 228 Å². The fourth-order valence-electron chi connectivity index (χ4n) is 4.89. The number of aromatic nitrogens is 8. The molecule has 200 valence electrons. The molecule has 3 N–H and O–H groups in total. The zero-order chi connectivity index (χ0) is 28.1. The van der Waals surface area contributed by atoms with Crippen LogP contribution in [-0.4, -0.2) is 51.4 Å². The topological polar surface area (TPSA) is 147 Å². The highest BCUT2D eigenvalue weighted by atomic mass is 16.2. The van der Waals surface area contributed by atoms with Crippen LogP contribution in [0.5, 0.6) is 0 Å². The van der Waals surface area contributed by atoms with E-state index in [9.17, 15) is 9.59 Å². The normalized spacial score (nSPS) is 12.2. The molecule has 0 spiro atoms. The van der Waals surface area contributed by atoms with Crippen molar-refractivity contribution in [2.45, 2.75) is 34.6 Å². The first kappa shape index (κ1) is 24.9. The van der Waals surface area contributed by atoms with Crippen LogP contribution >= 0.6 is 0 Å². The molecule has 6 rings (SSSR count). The summed E-state index contributed by atoms with van der Waals surface area (Å²) in [7, 11) is 0. The average Bonchev–Trinajstić information content (AvgIpc) is 3.62. The van der Waals surface area contributed by atoms with Gasteiger partial charge < -0.3 is 10.6 Å². The summed E-state index contributed by atoms with van der Waals surface area (Å²) in [6.07, 6.45) is 0. The lowest BCUT2D eigenvalue weighted by Crippen LogP contribution is -2.09. The maximum Gasteiger partial charge on any atom is 0.221 e. The highest BCUT2D eigenvalue weighted by molar-refractivity contribution is 5.89. The van der Waals surface area contributed by atoms with Gasteiger partial charge in [-0.25, -0.2) is 9.97 Å². The monoisotopic (exact) mass is 534 g/mol. The minimum atomic E-state index is -0.129. The number of aryl methyl sites for hydroxylation is 2. The van der Waals surface area contributed by atoms with E-state index in [-0.39, 0.29) is 11.8 Å². The molecule has 4 heterocycles. The van der Waals surface area contributed by atoms with Gasteiger partial charge in [-0.1, -0.05) is 0 Å². The Bertz CT molecular complexity index is 1980. The molecule has 0 bridgehead atoms. The van der Waals surface area contributed by atoms with Gasteiger partial charge in [0.25, 0.3) is 0 Å². The zero-order valence-electron chi connectivity index (χ0n) is 22.6. The summed E-state index contributed by atoms with van der Waals surface area (Å²) in [4.78, 5) is 32.3. The predicted molar refractivity (Wildman–Crippen MR) is 150 cm³/mol. The summed E-state index contributed by atoms with van der Waals surface area (Å²) < 4.78 is 3.22. The fourth-order valence-corrected chi connectivity index (χ4v) is 4.89. The van der Waals surface area contributed by atoms with Gasteiger partial charge in [-0.05, 0) is 74.9 Å². The summed E-state index contributed by atoms with van der Waals surface area (Å²) in [6, 6.07) is 14.7. The van der Waals surface area contributed by atoms with E-state index in [1.807, 2.05) is 69.3 Å². The van der Waals surface area contributed by atoms with Crippen molar-refractivity contribution in [2.75, 3.05) is 10.6 Å². The van der Waals surface area contributed by atoms with Gasteiger partial charge in [0.2, 0.25) is 11.8 Å². The van der Waals surface area contributed by atoms with Crippen LogP contribution < -0.4 is 15.9 Å². The summed E-state index contributed by atoms with van der Waals surface area (Å²) in [5.74, 6) is 0.841. The lowest BCUT2D eigenvalue weighted by Gasteiger charge is -2.02. The molecule has 0 saturated carbocycles. The lowest BCUT2D eigenvalue weighted by molar-refractivity contribution is -0.115. The number of fused-ring (bicyclic) bond motifs is 2. The van der Waals surface area contributed by atoms with Crippen molar-refractivity contribution in [3.63, 3.8) is 0 Å². The number of aromatic amines is 1. The molecular formula is C28H26N10O2. The van der Waals surface area contributed by atoms with Crippen LogP contribution in [-0.2, 0) is 9.59 Å². The third-order valence-electron chi connectivity index (χ3n) is 6.58. The molecule has 2 amide bonds. The minimum Gasteiger partial charge on any atom is -0.326 e. The standard InChI is InChI=1S/C28H26N10O2/c1-14(23-15(2)33-37-27(23)31-25(35-37)19-6-10-21(11-7-19)29-17(4)39)24-16(3)34-38-28(24)32-26(36-38)20-8-12-22(13-9-20)30-18(5)40/h6-13,33H,1-5H3,(H,29,39)(H,30,40)/b24-14-. The molecule has 4 aromatic heterocycles. The second-order valence-corrected chi connectivity index (χ2v) is 9.63. The number of carbonyl (C=O) groups is 2. The summed E-state index contributed by atoms with van der Waals surface area (Å²) >= 11 is 0. The molecule has 40 heavy (non-hydrogen) atoms. The number of nitrogens with zero attached hydrogens (tertiary/aromatic N) is 7. The highest BCUT2D eigenvalue weighted by Crippen LogP contribution is 2.26. The Kier molecular flexibility index (Phi) is 5.87. The Morgan fingerprint density at radius 1 is 0.725 bits per heavy atom. The first-order chi connectivity index (χ1) is 19.2. The van der Waals surface area contributed by atoms with Gasteiger partial charge in [0.15, 0.2) is 22.9 Å². The first-order valence-corrected chi connectivity index (χ1v) is 12.6. The molecular weight excluding hydrogens is 508 g/mol. The Hall–Kier alpha value is -5.39. The van der Waals surface area contributed by atoms with E-state index in [2.05, 4.69) is 31.0 Å². The van der Waals surface area contributed by atoms with Crippen molar-refractivity contribution in [1.82, 2.24) is 39.6 Å². The molecule has 0 aliphatic rings. The van der Waals surface area contributed by atoms with Crippen LogP contribution in [0.15, 0.2) is 48.5 Å². The smallest absolute Gasteiger partial charge is 0.221 e. The predicted octanol–water partition coefficient (Wildman–Crippen LogP) is 3.30. The maximum atomic E-state index is 11.3. The van der Waals surface area contributed by atoms with Gasteiger partial charge in [0, 0.05) is 52.8 Å². The molecule has 0 radical (unpaired) electrons. The van der Waals surface area contributed by atoms with E-state index < -0.39 is 0 Å². The largest absolute Gasteiger partial charge is 0.326 e. The van der Waals surface area contributed by atoms with Crippen molar-refractivity contribution >= 4 is 40.1 Å². The number of anilines is 2. The molecule has 6 aromatic rings. The van der Waals surface area contributed by atoms with Crippen LogP contribution in [0.2, 0.25) is 0 Å². The van der Waals surface area contributed by atoms with Gasteiger partial charge in [-0.15, -0.1) is 14.8 Å². The number of hydrogen-bond donors (Lipinski definition) is 3. The maximum absolute atomic E-state index is 11.3. The second kappa shape index (κ2) is 9.42. The molecule has 0 aliphatic heterocycles. The van der Waals surface area contributed by atoms with Crippen LogP contribution in [0.25, 0.3) is 39.6 Å². The number of rotatable bonds is 5. The van der Waals surface area contributed by atoms with E-state index >= 15 is 0 Å². The molecule has 0 saturated heterocycles. The number of carbonyl (C=O) groups excluding carboxylic acids is 2. The molecule has 0 atom stereocenters. The average molecular weight is 535 g/mol. The second-order valence-electron chi connectivity index (χ2n) is 9.63. The van der Waals surface area contributed by atoms with Crippen molar-refractivity contribution in [3.05, 3.63) is 70.7 Å². The van der Waals surface area contributed by atoms with Crippen molar-refractivity contribution < 1.29 is 9.59 Å². The molecule has 0 aliphatic carbocycles. The Balaban J connectivity index is 1.41. The van der Waals surface area contributed by atoms with Crippen LogP contribution in [0.4, 0.5) is 11.4 Å². The van der Waals surface area contributed by atoms with Gasteiger partial charge >= 0.3 is 0 Å². The van der Waals surface area contributed by atoms with Crippen LogP contribution in [0.3, 0.4) is 0 Å². The SMILES string of the molecule is CC(=O)Nc1ccc(-c2nc3/c(=C(/C)c4c(C)[nH]n5nc(-c6ccc(NC(C)=O)cc6)nc45)c(C)nn3n2)cc1. The Morgan fingerprint density at radius 3 is 1.80 bits per heavy atom. The Morgan fingerprint density at radius 2 is 1.25 bits per heavy atom. The minimum absolute atomic E-state index is 0.126. The highest BCUT2D eigenvalue weighted by Gasteiger charge is 2.20. The van der Waals surface area contributed by atoms with Crippen molar-refractivity contribution in [2.24, 2.45) is 0 Å². The summed E-state index contributed by atoms with van der Waals surface area (Å²) in [5.41, 5.74) is 7.95. The zero-order valence-corrected chi connectivity index (χ0v) is 22.6. The van der Waals surface area contributed by atoms with Crippen LogP contribution in [0, 0.1) is 13.8 Å². The number of H-pyrrole nitrogens is 1. The fraction of sp³-hybridized carbons (Fsp3) is 0.179.